The normalized spacial score (nSPS) is 16.2. The van der Waals surface area contributed by atoms with Gasteiger partial charge in [-0.05, 0) is 82.5 Å². The lowest BCUT2D eigenvalue weighted by Crippen LogP contribution is -2.36. The number of hydrogen-bond acceptors (Lipinski definition) is 5. The first-order valence-corrected chi connectivity index (χ1v) is 11.8. The number of halogens is 3. The van der Waals surface area contributed by atoms with E-state index in [1.54, 1.807) is 24.3 Å². The lowest BCUT2D eigenvalue weighted by Gasteiger charge is -2.19. The molecule has 3 rings (SSSR count). The smallest absolute Gasteiger partial charge is 0.293 e. The van der Waals surface area contributed by atoms with E-state index in [1.807, 2.05) is 26.0 Å². The maximum absolute atomic E-state index is 12.7. The van der Waals surface area contributed by atoms with Crippen LogP contribution < -0.4 is 9.47 Å². The Morgan fingerprint density at radius 1 is 1.19 bits per heavy atom. The molecule has 31 heavy (non-hydrogen) atoms. The molecule has 1 aliphatic heterocycles. The van der Waals surface area contributed by atoms with Crippen molar-refractivity contribution in [1.82, 2.24) is 4.90 Å². The van der Waals surface area contributed by atoms with Gasteiger partial charge in [0.25, 0.3) is 11.1 Å². The number of amides is 2. The number of thioether (sulfide) groups is 1. The minimum absolute atomic E-state index is 0.142. The van der Waals surface area contributed by atoms with E-state index in [-0.39, 0.29) is 23.8 Å². The third-order valence-electron chi connectivity index (χ3n) is 4.77. The van der Waals surface area contributed by atoms with Crippen LogP contribution in [0.2, 0.25) is 10.0 Å². The van der Waals surface area contributed by atoms with Gasteiger partial charge in [0.05, 0.1) is 26.5 Å². The molecule has 164 valence electrons. The van der Waals surface area contributed by atoms with Gasteiger partial charge in [-0.25, -0.2) is 0 Å². The fraction of sp³-hybridized carbons (Fsp3) is 0.273. The third-order valence-corrected chi connectivity index (χ3v) is 6.98. The molecule has 0 bridgehead atoms. The molecule has 9 heteroatoms. The molecule has 2 amide bonds. The van der Waals surface area contributed by atoms with E-state index in [0.29, 0.717) is 42.9 Å². The molecule has 2 aromatic rings. The Kier molecular flexibility index (Phi) is 7.97. The maximum atomic E-state index is 12.7. The summed E-state index contributed by atoms with van der Waals surface area (Å²) >= 11 is 16.5. The first-order chi connectivity index (χ1) is 14.7. The molecule has 0 radical (unpaired) electrons. The summed E-state index contributed by atoms with van der Waals surface area (Å²) in [5, 5.41) is 0.681. The second kappa shape index (κ2) is 10.3. The second-order valence-electron chi connectivity index (χ2n) is 6.88. The number of ether oxygens (including phenoxy) is 2. The molecular weight excluding hydrogens is 525 g/mol. The quantitative estimate of drug-likeness (QED) is 0.345. The second-order valence-corrected chi connectivity index (χ2v) is 9.54. The first-order valence-electron chi connectivity index (χ1n) is 9.46. The number of carbonyl (C=O) groups excluding carboxylic acids is 2. The van der Waals surface area contributed by atoms with Crippen molar-refractivity contribution in [2.75, 3.05) is 7.11 Å². The Morgan fingerprint density at radius 2 is 1.94 bits per heavy atom. The SMILES string of the molecule is CC[C@@H](C)N1C(=O)S/C(=C/c2cc(Br)c(OCc3ccc(Cl)c(Cl)c3)c(OC)c2)C1=O. The van der Waals surface area contributed by atoms with E-state index in [0.717, 1.165) is 17.3 Å². The zero-order valence-electron chi connectivity index (χ0n) is 17.1. The van der Waals surface area contributed by atoms with Gasteiger partial charge in [0.2, 0.25) is 0 Å². The van der Waals surface area contributed by atoms with Crippen LogP contribution >= 0.6 is 50.9 Å². The van der Waals surface area contributed by atoms with Crippen LogP contribution in [-0.4, -0.2) is 29.2 Å². The largest absolute Gasteiger partial charge is 0.493 e. The number of nitrogens with zero attached hydrogens (tertiary/aromatic N) is 1. The average molecular weight is 545 g/mol. The third kappa shape index (κ3) is 5.40. The lowest BCUT2D eigenvalue weighted by molar-refractivity contribution is -0.124. The summed E-state index contributed by atoms with van der Waals surface area (Å²) in [6, 6.07) is 8.71. The summed E-state index contributed by atoms with van der Waals surface area (Å²) < 4.78 is 12.1. The van der Waals surface area contributed by atoms with E-state index >= 15 is 0 Å². The number of imide groups is 1. The summed E-state index contributed by atoms with van der Waals surface area (Å²) in [5.74, 6) is 0.722. The standard InChI is InChI=1S/C22H20BrCl2NO4S/c1-4-12(2)26-21(27)19(31-22(26)28)10-14-7-15(23)20(18(9-14)29-3)30-11-13-5-6-16(24)17(25)8-13/h5-10,12H,4,11H2,1-3H3/b19-10+/t12-/m1/s1. The highest BCUT2D eigenvalue weighted by molar-refractivity contribution is 9.10. The van der Waals surface area contributed by atoms with Gasteiger partial charge in [-0.1, -0.05) is 36.2 Å². The van der Waals surface area contributed by atoms with Crippen LogP contribution in [-0.2, 0) is 11.4 Å². The van der Waals surface area contributed by atoms with E-state index in [4.69, 9.17) is 32.7 Å². The van der Waals surface area contributed by atoms with E-state index < -0.39 is 0 Å². The van der Waals surface area contributed by atoms with Crippen LogP contribution in [0.1, 0.15) is 31.4 Å². The van der Waals surface area contributed by atoms with Crippen LogP contribution in [0.25, 0.3) is 6.08 Å². The summed E-state index contributed by atoms with van der Waals surface area (Å²) in [6.07, 6.45) is 2.39. The van der Waals surface area contributed by atoms with Gasteiger partial charge < -0.3 is 9.47 Å². The minimum Gasteiger partial charge on any atom is -0.493 e. The average Bonchev–Trinajstić information content (AvgIpc) is 3.01. The van der Waals surface area contributed by atoms with Gasteiger partial charge in [-0.2, -0.15) is 0 Å². The van der Waals surface area contributed by atoms with Crippen LogP contribution in [0.5, 0.6) is 11.5 Å². The molecule has 2 aromatic carbocycles. The van der Waals surface area contributed by atoms with Crippen molar-refractivity contribution in [1.29, 1.82) is 0 Å². The maximum Gasteiger partial charge on any atom is 0.293 e. The number of rotatable bonds is 7. The monoisotopic (exact) mass is 543 g/mol. The van der Waals surface area contributed by atoms with Gasteiger partial charge in [-0.3, -0.25) is 14.5 Å². The summed E-state index contributed by atoms with van der Waals surface area (Å²) in [5.41, 5.74) is 1.56. The zero-order chi connectivity index (χ0) is 22.7. The summed E-state index contributed by atoms with van der Waals surface area (Å²) in [4.78, 5) is 26.6. The van der Waals surface area contributed by atoms with Gasteiger partial charge in [-0.15, -0.1) is 0 Å². The molecule has 0 aliphatic carbocycles. The fourth-order valence-corrected chi connectivity index (χ4v) is 4.77. The van der Waals surface area contributed by atoms with Gasteiger partial charge >= 0.3 is 0 Å². The molecule has 1 saturated heterocycles. The highest BCUT2D eigenvalue weighted by atomic mass is 79.9. The highest BCUT2D eigenvalue weighted by Crippen LogP contribution is 2.40. The molecule has 1 atom stereocenters. The highest BCUT2D eigenvalue weighted by Gasteiger charge is 2.37. The molecular formula is C22H20BrCl2NO4S. The van der Waals surface area contributed by atoms with Gasteiger partial charge in [0, 0.05) is 6.04 Å². The Balaban J connectivity index is 1.84. The molecule has 5 nitrogen and oxygen atoms in total. The molecule has 0 spiro atoms. The Bertz CT molecular complexity index is 1060. The summed E-state index contributed by atoms with van der Waals surface area (Å²) in [6.45, 7) is 4.06. The molecule has 1 aliphatic rings. The van der Waals surface area contributed by atoms with Gasteiger partial charge in [0.1, 0.15) is 6.61 Å². The molecule has 1 heterocycles. The number of carbonyl (C=O) groups is 2. The lowest BCUT2D eigenvalue weighted by atomic mass is 10.1. The molecule has 0 aromatic heterocycles. The van der Waals surface area contributed by atoms with Gasteiger partial charge in [0.15, 0.2) is 11.5 Å². The fourth-order valence-electron chi connectivity index (χ4n) is 2.94. The number of benzene rings is 2. The molecule has 1 fully saturated rings. The summed E-state index contributed by atoms with van der Waals surface area (Å²) in [7, 11) is 1.54. The molecule has 0 saturated carbocycles. The Morgan fingerprint density at radius 3 is 2.58 bits per heavy atom. The van der Waals surface area contributed by atoms with Crippen molar-refractivity contribution in [2.24, 2.45) is 0 Å². The van der Waals surface area contributed by atoms with Crippen LogP contribution in [0.15, 0.2) is 39.7 Å². The predicted molar refractivity (Wildman–Crippen MR) is 129 cm³/mol. The molecule has 0 N–H and O–H groups in total. The van der Waals surface area contributed by atoms with Crippen molar-refractivity contribution >= 4 is 68.1 Å². The van der Waals surface area contributed by atoms with Crippen molar-refractivity contribution < 1.29 is 19.1 Å². The first kappa shape index (κ1) is 24.0. The van der Waals surface area contributed by atoms with Crippen molar-refractivity contribution in [3.8, 4) is 11.5 Å². The van der Waals surface area contributed by atoms with Crippen LogP contribution in [0.4, 0.5) is 4.79 Å². The predicted octanol–water partition coefficient (Wildman–Crippen LogP) is 7.18. The minimum atomic E-state index is -0.278. The van der Waals surface area contributed by atoms with Crippen LogP contribution in [0.3, 0.4) is 0 Å². The number of methoxy groups -OCH3 is 1. The van der Waals surface area contributed by atoms with Crippen molar-refractivity contribution in [3.05, 3.63) is 60.9 Å². The van der Waals surface area contributed by atoms with E-state index in [2.05, 4.69) is 15.9 Å². The van der Waals surface area contributed by atoms with E-state index in [1.165, 1.54) is 12.0 Å². The van der Waals surface area contributed by atoms with Crippen LogP contribution in [0, 0.1) is 0 Å². The number of hydrogen-bond donors (Lipinski definition) is 0. The topological polar surface area (TPSA) is 55.8 Å². The zero-order valence-corrected chi connectivity index (χ0v) is 21.0. The Labute approximate surface area is 203 Å². The van der Waals surface area contributed by atoms with E-state index in [9.17, 15) is 9.59 Å². The van der Waals surface area contributed by atoms with Crippen molar-refractivity contribution in [2.45, 2.75) is 32.9 Å². The van der Waals surface area contributed by atoms with Crippen molar-refractivity contribution in [3.63, 3.8) is 0 Å². The molecule has 0 unspecified atom stereocenters. The Hall–Kier alpha value is -1.67.